The summed E-state index contributed by atoms with van der Waals surface area (Å²) in [5.41, 5.74) is 5.65. The topological polar surface area (TPSA) is 38.9 Å². The molecule has 0 aliphatic heterocycles. The minimum absolute atomic E-state index is 0.318. The molecule has 0 bridgehead atoms. The Balaban J connectivity index is 3.28. The third-order valence-corrected chi connectivity index (χ3v) is 2.31. The van der Waals surface area contributed by atoms with Crippen molar-refractivity contribution in [1.82, 2.24) is 4.98 Å². The fourth-order valence-corrected chi connectivity index (χ4v) is 1.48. The SMILES string of the molecule is Nc1cc(F)c(I)nc1Br. The van der Waals surface area contributed by atoms with Gasteiger partial charge in [0.05, 0.1) is 5.69 Å². The zero-order valence-electron chi connectivity index (χ0n) is 4.74. The van der Waals surface area contributed by atoms with E-state index in [2.05, 4.69) is 20.9 Å². The number of anilines is 1. The summed E-state index contributed by atoms with van der Waals surface area (Å²) in [6, 6.07) is 1.23. The second-order valence-corrected chi connectivity index (χ2v) is 3.41. The van der Waals surface area contributed by atoms with Crippen LogP contribution in [0.2, 0.25) is 0 Å². The molecule has 1 heterocycles. The van der Waals surface area contributed by atoms with Crippen LogP contribution in [0.3, 0.4) is 0 Å². The molecule has 0 aromatic carbocycles. The van der Waals surface area contributed by atoms with E-state index >= 15 is 0 Å². The molecule has 0 amide bonds. The standard InChI is InChI=1S/C5H3BrFIN2/c6-4-3(9)1-2(7)5(8)10-4/h1H,9H2. The van der Waals surface area contributed by atoms with Gasteiger partial charge in [0, 0.05) is 6.07 Å². The van der Waals surface area contributed by atoms with E-state index in [0.717, 1.165) is 0 Å². The molecule has 2 nitrogen and oxygen atoms in total. The number of halogens is 3. The van der Waals surface area contributed by atoms with Gasteiger partial charge in [0.15, 0.2) is 5.82 Å². The summed E-state index contributed by atoms with van der Waals surface area (Å²) in [6.07, 6.45) is 0. The molecule has 1 aromatic heterocycles. The van der Waals surface area contributed by atoms with Crippen LogP contribution in [0, 0.1) is 9.52 Å². The van der Waals surface area contributed by atoms with Crippen molar-refractivity contribution in [3.8, 4) is 0 Å². The highest BCUT2D eigenvalue weighted by atomic mass is 127. The second kappa shape index (κ2) is 3.00. The first kappa shape index (κ1) is 8.19. The molecule has 0 atom stereocenters. The molecule has 0 radical (unpaired) electrons. The van der Waals surface area contributed by atoms with Crippen molar-refractivity contribution in [3.05, 3.63) is 20.2 Å². The highest BCUT2D eigenvalue weighted by molar-refractivity contribution is 14.1. The van der Waals surface area contributed by atoms with Crippen molar-refractivity contribution in [2.75, 3.05) is 5.73 Å². The Labute approximate surface area is 79.3 Å². The van der Waals surface area contributed by atoms with E-state index in [9.17, 15) is 4.39 Å². The maximum Gasteiger partial charge on any atom is 0.157 e. The van der Waals surface area contributed by atoms with E-state index in [1.165, 1.54) is 6.07 Å². The third kappa shape index (κ3) is 1.57. The van der Waals surface area contributed by atoms with E-state index in [-0.39, 0.29) is 5.82 Å². The monoisotopic (exact) mass is 316 g/mol. The number of hydrogen-bond donors (Lipinski definition) is 1. The maximum absolute atomic E-state index is 12.6. The lowest BCUT2D eigenvalue weighted by Crippen LogP contribution is -1.94. The minimum Gasteiger partial charge on any atom is -0.396 e. The lowest BCUT2D eigenvalue weighted by atomic mass is 10.4. The summed E-state index contributed by atoms with van der Waals surface area (Å²) in [7, 11) is 0. The Morgan fingerprint density at radius 1 is 1.70 bits per heavy atom. The largest absolute Gasteiger partial charge is 0.396 e. The summed E-state index contributed by atoms with van der Waals surface area (Å²) in [6.45, 7) is 0. The molecule has 0 saturated heterocycles. The lowest BCUT2D eigenvalue weighted by molar-refractivity contribution is 0.612. The van der Waals surface area contributed by atoms with Crippen LogP contribution in [0.1, 0.15) is 0 Å². The fraction of sp³-hybridized carbons (Fsp3) is 0. The summed E-state index contributed by atoms with van der Waals surface area (Å²) in [5, 5.41) is 0. The van der Waals surface area contributed by atoms with Gasteiger partial charge < -0.3 is 5.73 Å². The molecule has 5 heteroatoms. The van der Waals surface area contributed by atoms with Crippen molar-refractivity contribution < 1.29 is 4.39 Å². The average Bonchev–Trinajstić information content (AvgIpc) is 1.84. The number of aromatic nitrogens is 1. The normalized spacial score (nSPS) is 9.90. The Bertz CT molecular complexity index is 216. The minimum atomic E-state index is -0.388. The van der Waals surface area contributed by atoms with Gasteiger partial charge in [-0.15, -0.1) is 0 Å². The van der Waals surface area contributed by atoms with Gasteiger partial charge in [-0.05, 0) is 38.5 Å². The molecule has 0 saturated carbocycles. The van der Waals surface area contributed by atoms with E-state index in [1.807, 2.05) is 0 Å². The quantitative estimate of drug-likeness (QED) is 0.588. The van der Waals surface area contributed by atoms with Gasteiger partial charge in [-0.2, -0.15) is 0 Å². The van der Waals surface area contributed by atoms with Crippen LogP contribution in [0.25, 0.3) is 0 Å². The lowest BCUT2D eigenvalue weighted by Gasteiger charge is -1.97. The molecule has 0 unspecified atom stereocenters. The predicted octanol–water partition coefficient (Wildman–Crippen LogP) is 2.17. The van der Waals surface area contributed by atoms with Gasteiger partial charge in [-0.1, -0.05) is 0 Å². The highest BCUT2D eigenvalue weighted by Crippen LogP contribution is 2.19. The molecule has 1 rings (SSSR count). The summed E-state index contributed by atoms with van der Waals surface area (Å²) < 4.78 is 13.4. The number of rotatable bonds is 0. The third-order valence-electron chi connectivity index (χ3n) is 0.914. The van der Waals surface area contributed by atoms with Crippen LogP contribution in [-0.4, -0.2) is 4.98 Å². The van der Waals surface area contributed by atoms with Crippen LogP contribution in [0.4, 0.5) is 10.1 Å². The molecule has 0 aliphatic rings. The van der Waals surface area contributed by atoms with E-state index in [4.69, 9.17) is 5.73 Å². The van der Waals surface area contributed by atoms with Crippen molar-refractivity contribution in [2.24, 2.45) is 0 Å². The van der Waals surface area contributed by atoms with Crippen LogP contribution in [0.15, 0.2) is 10.7 Å². The van der Waals surface area contributed by atoms with Crippen molar-refractivity contribution in [1.29, 1.82) is 0 Å². The van der Waals surface area contributed by atoms with Crippen LogP contribution in [0.5, 0.6) is 0 Å². The van der Waals surface area contributed by atoms with Gasteiger partial charge in [-0.25, -0.2) is 9.37 Å². The van der Waals surface area contributed by atoms with Crippen LogP contribution >= 0.6 is 38.5 Å². The van der Waals surface area contributed by atoms with Crippen molar-refractivity contribution in [2.45, 2.75) is 0 Å². The second-order valence-electron chi connectivity index (χ2n) is 1.64. The number of nitrogens with zero attached hydrogens (tertiary/aromatic N) is 1. The molecular weight excluding hydrogens is 314 g/mol. The summed E-state index contributed by atoms with van der Waals surface area (Å²) in [5.74, 6) is -0.388. The van der Waals surface area contributed by atoms with E-state index < -0.39 is 0 Å². The zero-order chi connectivity index (χ0) is 7.72. The molecule has 0 fully saturated rings. The molecule has 54 valence electrons. The maximum atomic E-state index is 12.6. The Kier molecular flexibility index (Phi) is 2.45. The fourth-order valence-electron chi connectivity index (χ4n) is 0.460. The number of hydrogen-bond acceptors (Lipinski definition) is 2. The van der Waals surface area contributed by atoms with Crippen LogP contribution in [-0.2, 0) is 0 Å². The molecule has 0 aliphatic carbocycles. The number of nitrogen functional groups attached to an aromatic ring is 1. The average molecular weight is 317 g/mol. The molecule has 2 N–H and O–H groups in total. The molecular formula is C5H3BrFIN2. The van der Waals surface area contributed by atoms with Gasteiger partial charge in [0.1, 0.15) is 8.30 Å². The number of pyridine rings is 1. The number of nitrogens with two attached hydrogens (primary N) is 1. The first-order valence-corrected chi connectivity index (χ1v) is 4.25. The molecule has 1 aromatic rings. The highest BCUT2D eigenvalue weighted by Gasteiger charge is 2.03. The molecule has 0 spiro atoms. The summed E-state index contributed by atoms with van der Waals surface area (Å²) in [4.78, 5) is 3.78. The Morgan fingerprint density at radius 2 is 2.30 bits per heavy atom. The molecule has 10 heavy (non-hydrogen) atoms. The Morgan fingerprint density at radius 3 is 2.80 bits per heavy atom. The van der Waals surface area contributed by atoms with Gasteiger partial charge in [0.2, 0.25) is 0 Å². The van der Waals surface area contributed by atoms with Gasteiger partial charge >= 0.3 is 0 Å². The Hall–Kier alpha value is 0.0900. The van der Waals surface area contributed by atoms with Crippen LogP contribution < -0.4 is 5.73 Å². The predicted molar refractivity (Wildman–Crippen MR) is 49.0 cm³/mol. The van der Waals surface area contributed by atoms with Crippen molar-refractivity contribution >= 4 is 44.2 Å². The first-order valence-electron chi connectivity index (χ1n) is 2.38. The van der Waals surface area contributed by atoms with E-state index in [1.54, 1.807) is 22.6 Å². The smallest absolute Gasteiger partial charge is 0.157 e. The van der Waals surface area contributed by atoms with Gasteiger partial charge in [0.25, 0.3) is 0 Å². The summed E-state index contributed by atoms with van der Waals surface area (Å²) >= 11 is 4.87. The zero-order valence-corrected chi connectivity index (χ0v) is 8.48. The van der Waals surface area contributed by atoms with Crippen molar-refractivity contribution in [3.63, 3.8) is 0 Å². The first-order chi connectivity index (χ1) is 4.61. The van der Waals surface area contributed by atoms with E-state index in [0.29, 0.717) is 14.0 Å². The van der Waals surface area contributed by atoms with Gasteiger partial charge in [-0.3, -0.25) is 0 Å².